The molecule has 0 aliphatic carbocycles. The molecule has 0 aromatic carbocycles. The smallest absolute Gasteiger partial charge is 0.196 e. The lowest BCUT2D eigenvalue weighted by Crippen LogP contribution is -1.91. The average molecular weight is 161 g/mol. The van der Waals surface area contributed by atoms with Gasteiger partial charge in [0.2, 0.25) is 0 Å². The number of hydrogen-bond donors (Lipinski definition) is 1. The van der Waals surface area contributed by atoms with Crippen LogP contribution in [0.15, 0.2) is 0 Å². The molecule has 9 heavy (non-hydrogen) atoms. The number of nitrogens with zero attached hydrogens (tertiary/aromatic N) is 2. The van der Waals surface area contributed by atoms with E-state index in [9.17, 15) is 0 Å². The first-order valence-corrected chi connectivity index (χ1v) is 3.26. The summed E-state index contributed by atoms with van der Waals surface area (Å²) in [6.07, 6.45) is 0. The Morgan fingerprint density at radius 3 is 2.00 bits per heavy atom. The van der Waals surface area contributed by atoms with Crippen LogP contribution in [0.25, 0.3) is 0 Å². The van der Waals surface area contributed by atoms with Gasteiger partial charge in [-0.15, -0.1) is 0 Å². The van der Waals surface area contributed by atoms with Crippen LogP contribution in [0, 0.1) is 9.54 Å². The van der Waals surface area contributed by atoms with Crippen LogP contribution in [0.5, 0.6) is 0 Å². The van der Waals surface area contributed by atoms with Crippen LogP contribution >= 0.6 is 24.4 Å². The fourth-order valence-electron chi connectivity index (χ4n) is 0.578. The maximum Gasteiger partial charge on any atom is 0.196 e. The van der Waals surface area contributed by atoms with Gasteiger partial charge in [0.15, 0.2) is 9.54 Å². The number of nitrogens with one attached hydrogen (secondary N) is 1. The molecule has 0 aliphatic rings. The molecule has 1 aromatic heterocycles. The Morgan fingerprint density at radius 1 is 1.33 bits per heavy atom. The number of H-pyrrole nitrogens is 1. The molecule has 1 aromatic rings. The summed E-state index contributed by atoms with van der Waals surface area (Å²) in [6.45, 7) is 0. The van der Waals surface area contributed by atoms with Crippen LogP contribution in [-0.4, -0.2) is 14.3 Å². The van der Waals surface area contributed by atoms with Crippen LogP contribution < -0.4 is 0 Å². The summed E-state index contributed by atoms with van der Waals surface area (Å²) in [5.74, 6) is 0. The monoisotopic (exact) mass is 161 g/mol. The van der Waals surface area contributed by atoms with E-state index < -0.39 is 0 Å². The van der Waals surface area contributed by atoms with Crippen LogP contribution in [-0.2, 0) is 14.1 Å². The fourth-order valence-corrected chi connectivity index (χ4v) is 0.996. The molecule has 0 saturated heterocycles. The van der Waals surface area contributed by atoms with Gasteiger partial charge in [-0.1, -0.05) is 0 Å². The first kappa shape index (κ1) is 6.70. The molecule has 50 valence electrons. The molecule has 0 bridgehead atoms. The van der Waals surface area contributed by atoms with Gasteiger partial charge in [-0.3, -0.25) is 14.3 Å². The molecule has 0 spiro atoms. The molecule has 0 radical (unpaired) electrons. The zero-order valence-corrected chi connectivity index (χ0v) is 6.84. The molecule has 0 aliphatic heterocycles. The summed E-state index contributed by atoms with van der Waals surface area (Å²) < 4.78 is 4.81. The largest absolute Gasteiger partial charge is 0.296 e. The molecule has 5 heteroatoms. The van der Waals surface area contributed by atoms with Gasteiger partial charge in [0.25, 0.3) is 0 Å². The van der Waals surface area contributed by atoms with Gasteiger partial charge in [0.1, 0.15) is 0 Å². The molecular weight excluding hydrogens is 154 g/mol. The minimum atomic E-state index is 0.655. The predicted molar refractivity (Wildman–Crippen MR) is 40.4 cm³/mol. The van der Waals surface area contributed by atoms with Crippen molar-refractivity contribution in [2.24, 2.45) is 14.1 Å². The molecule has 1 heterocycles. The Hall–Kier alpha value is -0.420. The van der Waals surface area contributed by atoms with Crippen molar-refractivity contribution in [3.63, 3.8) is 0 Å². The minimum absolute atomic E-state index is 0.655. The standard InChI is InChI=1S/C4H7N3S2/c1-6-3(8)5-7(2)4(6)9/h1-2H3,(H,5,8). The summed E-state index contributed by atoms with van der Waals surface area (Å²) in [6, 6.07) is 0. The molecule has 1 N–H and O–H groups in total. The molecular formula is C4H7N3S2. The summed E-state index contributed by atoms with van der Waals surface area (Å²) in [7, 11) is 3.67. The highest BCUT2D eigenvalue weighted by atomic mass is 32.1. The highest BCUT2D eigenvalue weighted by Gasteiger charge is 1.90. The van der Waals surface area contributed by atoms with Crippen molar-refractivity contribution >= 4 is 24.4 Å². The lowest BCUT2D eigenvalue weighted by Gasteiger charge is -1.84. The van der Waals surface area contributed by atoms with Crippen molar-refractivity contribution in [1.82, 2.24) is 14.3 Å². The number of aromatic amines is 1. The number of aromatic nitrogens is 3. The molecule has 0 atom stereocenters. The van der Waals surface area contributed by atoms with Crippen molar-refractivity contribution in [2.75, 3.05) is 0 Å². The quantitative estimate of drug-likeness (QED) is 0.578. The average Bonchev–Trinajstić information content (AvgIpc) is 1.98. The second kappa shape index (κ2) is 2.07. The molecule has 0 fully saturated rings. The van der Waals surface area contributed by atoms with Gasteiger partial charge >= 0.3 is 0 Å². The van der Waals surface area contributed by atoms with E-state index in [2.05, 4.69) is 5.10 Å². The summed E-state index contributed by atoms with van der Waals surface area (Å²) in [4.78, 5) is 0. The number of rotatable bonds is 0. The first-order valence-electron chi connectivity index (χ1n) is 2.45. The maximum atomic E-state index is 4.94. The number of hydrogen-bond acceptors (Lipinski definition) is 2. The third-order valence-corrected chi connectivity index (χ3v) is 2.05. The summed E-state index contributed by atoms with van der Waals surface area (Å²) >= 11 is 9.82. The lowest BCUT2D eigenvalue weighted by molar-refractivity contribution is 0.740. The Kier molecular flexibility index (Phi) is 1.54. The minimum Gasteiger partial charge on any atom is -0.296 e. The van der Waals surface area contributed by atoms with Crippen LogP contribution in [0.2, 0.25) is 0 Å². The first-order chi connectivity index (χ1) is 4.13. The van der Waals surface area contributed by atoms with E-state index in [1.165, 1.54) is 0 Å². The normalized spacial score (nSPS) is 10.0. The van der Waals surface area contributed by atoms with Gasteiger partial charge in [-0.25, -0.2) is 0 Å². The van der Waals surface area contributed by atoms with E-state index >= 15 is 0 Å². The second-order valence-electron chi connectivity index (χ2n) is 1.82. The highest BCUT2D eigenvalue weighted by molar-refractivity contribution is 7.72. The van der Waals surface area contributed by atoms with E-state index in [4.69, 9.17) is 24.4 Å². The lowest BCUT2D eigenvalue weighted by atomic mass is 11.1. The van der Waals surface area contributed by atoms with Crippen molar-refractivity contribution in [3.8, 4) is 0 Å². The molecule has 0 amide bonds. The molecule has 0 unspecified atom stereocenters. The number of aryl methyl sites for hydroxylation is 1. The zero-order valence-electron chi connectivity index (χ0n) is 5.21. The van der Waals surface area contributed by atoms with E-state index in [1.54, 1.807) is 9.25 Å². The predicted octanol–water partition coefficient (Wildman–Crippen LogP) is 1.15. The zero-order chi connectivity index (χ0) is 7.02. The fraction of sp³-hybridized carbons (Fsp3) is 0.500. The van der Waals surface area contributed by atoms with E-state index in [-0.39, 0.29) is 0 Å². The van der Waals surface area contributed by atoms with Gasteiger partial charge in [0.05, 0.1) is 0 Å². The van der Waals surface area contributed by atoms with Crippen molar-refractivity contribution in [2.45, 2.75) is 0 Å². The Labute approximate surface area is 62.9 Å². The topological polar surface area (TPSA) is 25.6 Å². The van der Waals surface area contributed by atoms with Crippen molar-refractivity contribution in [1.29, 1.82) is 0 Å². The summed E-state index contributed by atoms with van der Waals surface area (Å²) in [5, 5.41) is 2.87. The van der Waals surface area contributed by atoms with Crippen LogP contribution in [0.4, 0.5) is 0 Å². The third kappa shape index (κ3) is 0.972. The summed E-state index contributed by atoms with van der Waals surface area (Å²) in [5.41, 5.74) is 0. The Morgan fingerprint density at radius 2 is 1.89 bits per heavy atom. The van der Waals surface area contributed by atoms with E-state index in [1.807, 2.05) is 14.1 Å². The SMILES string of the molecule is Cn1[nH]c(=S)n(C)c1=S. The molecule has 0 saturated carbocycles. The third-order valence-electron chi connectivity index (χ3n) is 1.14. The maximum absolute atomic E-state index is 4.94. The second-order valence-corrected chi connectivity index (χ2v) is 2.57. The van der Waals surface area contributed by atoms with E-state index in [0.717, 1.165) is 0 Å². The van der Waals surface area contributed by atoms with E-state index in [0.29, 0.717) is 9.54 Å². The molecule has 1 rings (SSSR count). The van der Waals surface area contributed by atoms with Crippen molar-refractivity contribution < 1.29 is 0 Å². The van der Waals surface area contributed by atoms with Gasteiger partial charge < -0.3 is 0 Å². The Balaban J connectivity index is 3.68. The van der Waals surface area contributed by atoms with Crippen molar-refractivity contribution in [3.05, 3.63) is 9.54 Å². The highest BCUT2D eigenvalue weighted by Crippen LogP contribution is 1.88. The van der Waals surface area contributed by atoms with Gasteiger partial charge in [-0.05, 0) is 24.4 Å². The van der Waals surface area contributed by atoms with Gasteiger partial charge in [-0.2, -0.15) is 0 Å². The molecule has 3 nitrogen and oxygen atoms in total. The Bertz CT molecular complexity index is 315. The van der Waals surface area contributed by atoms with Crippen LogP contribution in [0.3, 0.4) is 0 Å². The van der Waals surface area contributed by atoms with Gasteiger partial charge in [0, 0.05) is 14.1 Å². The van der Waals surface area contributed by atoms with Crippen LogP contribution in [0.1, 0.15) is 0 Å².